The van der Waals surface area contributed by atoms with Crippen LogP contribution in [0.4, 0.5) is 0 Å². The van der Waals surface area contributed by atoms with E-state index in [0.717, 1.165) is 0 Å². The standard InChI is InChI=1S/C22H22ClN3O3S/c1-14-11-25(12-15(2)29-14)20(27)13-30-22-24-19-9-4-3-8-18(19)21(28)26(22)17-7-5-6-16(23)10-17/h3-10,14-15H,11-13H2,1-2H3. The molecule has 2 atom stereocenters. The zero-order valence-corrected chi connectivity index (χ0v) is 18.3. The molecule has 156 valence electrons. The number of carbonyl (C=O) groups is 1. The van der Waals surface area contributed by atoms with E-state index >= 15 is 0 Å². The normalized spacial score (nSPS) is 19.2. The lowest BCUT2D eigenvalue weighted by atomic mass is 10.2. The van der Waals surface area contributed by atoms with Crippen LogP contribution in [0.3, 0.4) is 0 Å². The van der Waals surface area contributed by atoms with Gasteiger partial charge >= 0.3 is 0 Å². The maximum Gasteiger partial charge on any atom is 0.266 e. The minimum absolute atomic E-state index is 0.00190. The molecule has 30 heavy (non-hydrogen) atoms. The number of rotatable bonds is 4. The van der Waals surface area contributed by atoms with E-state index in [4.69, 9.17) is 16.3 Å². The van der Waals surface area contributed by atoms with Crippen LogP contribution in [0.1, 0.15) is 13.8 Å². The molecule has 4 rings (SSSR count). The molecule has 0 N–H and O–H groups in total. The molecule has 0 aliphatic carbocycles. The fraction of sp³-hybridized carbons (Fsp3) is 0.318. The highest BCUT2D eigenvalue weighted by atomic mass is 35.5. The van der Waals surface area contributed by atoms with Crippen molar-refractivity contribution in [2.45, 2.75) is 31.2 Å². The largest absolute Gasteiger partial charge is 0.372 e. The summed E-state index contributed by atoms with van der Waals surface area (Å²) in [5.41, 5.74) is 1.03. The lowest BCUT2D eigenvalue weighted by Gasteiger charge is -2.35. The van der Waals surface area contributed by atoms with E-state index in [1.54, 1.807) is 36.4 Å². The average molecular weight is 444 g/mol. The van der Waals surface area contributed by atoms with E-state index in [1.807, 2.05) is 30.9 Å². The summed E-state index contributed by atoms with van der Waals surface area (Å²) in [5, 5.41) is 1.50. The van der Waals surface area contributed by atoms with E-state index in [2.05, 4.69) is 4.98 Å². The SMILES string of the molecule is CC1CN(C(=O)CSc2nc3ccccc3c(=O)n2-c2cccc(Cl)c2)CC(C)O1. The van der Waals surface area contributed by atoms with Gasteiger partial charge in [-0.2, -0.15) is 0 Å². The molecular weight excluding hydrogens is 422 g/mol. The van der Waals surface area contributed by atoms with Crippen molar-refractivity contribution >= 4 is 40.2 Å². The second kappa shape index (κ2) is 8.79. The van der Waals surface area contributed by atoms with Crippen LogP contribution < -0.4 is 5.56 Å². The molecule has 8 heteroatoms. The third kappa shape index (κ3) is 4.38. The first-order chi connectivity index (χ1) is 14.4. The van der Waals surface area contributed by atoms with Crippen molar-refractivity contribution in [1.29, 1.82) is 0 Å². The monoisotopic (exact) mass is 443 g/mol. The summed E-state index contributed by atoms with van der Waals surface area (Å²) >= 11 is 7.42. The molecule has 0 bridgehead atoms. The van der Waals surface area contributed by atoms with Crippen molar-refractivity contribution in [3.63, 3.8) is 0 Å². The molecule has 0 spiro atoms. The lowest BCUT2D eigenvalue weighted by molar-refractivity contribution is -0.140. The molecule has 1 aliphatic heterocycles. The van der Waals surface area contributed by atoms with E-state index < -0.39 is 0 Å². The summed E-state index contributed by atoms with van der Waals surface area (Å²) < 4.78 is 7.23. The number of hydrogen-bond donors (Lipinski definition) is 0. The number of fused-ring (bicyclic) bond motifs is 1. The molecule has 1 saturated heterocycles. The molecule has 0 saturated carbocycles. The van der Waals surface area contributed by atoms with Crippen molar-refractivity contribution < 1.29 is 9.53 Å². The maximum absolute atomic E-state index is 13.2. The van der Waals surface area contributed by atoms with Crippen LogP contribution in [0.25, 0.3) is 16.6 Å². The molecular formula is C22H22ClN3O3S. The Morgan fingerprint density at radius 1 is 1.17 bits per heavy atom. The molecule has 1 amide bonds. The molecule has 1 aliphatic rings. The van der Waals surface area contributed by atoms with E-state index in [9.17, 15) is 9.59 Å². The number of halogens is 1. The first-order valence-corrected chi connectivity index (χ1v) is 11.1. The summed E-state index contributed by atoms with van der Waals surface area (Å²) in [7, 11) is 0. The van der Waals surface area contributed by atoms with Gasteiger partial charge in [-0.25, -0.2) is 4.98 Å². The summed E-state index contributed by atoms with van der Waals surface area (Å²) in [6, 6.07) is 14.3. The van der Waals surface area contributed by atoms with Crippen molar-refractivity contribution in [2.75, 3.05) is 18.8 Å². The second-order valence-corrected chi connectivity index (χ2v) is 8.76. The molecule has 1 fully saturated rings. The summed E-state index contributed by atoms with van der Waals surface area (Å²) in [5.74, 6) is 0.187. The Morgan fingerprint density at radius 3 is 2.63 bits per heavy atom. The van der Waals surface area contributed by atoms with Gasteiger partial charge in [-0.05, 0) is 44.2 Å². The van der Waals surface area contributed by atoms with Crippen molar-refractivity contribution in [1.82, 2.24) is 14.5 Å². The van der Waals surface area contributed by atoms with Gasteiger partial charge in [-0.1, -0.05) is 41.6 Å². The van der Waals surface area contributed by atoms with Crippen LogP contribution in [-0.4, -0.2) is 51.4 Å². The van der Waals surface area contributed by atoms with Gasteiger partial charge in [-0.3, -0.25) is 14.2 Å². The minimum Gasteiger partial charge on any atom is -0.372 e. The number of thioether (sulfide) groups is 1. The zero-order valence-electron chi connectivity index (χ0n) is 16.7. The van der Waals surface area contributed by atoms with Gasteiger partial charge in [0.15, 0.2) is 5.16 Å². The third-order valence-electron chi connectivity index (χ3n) is 4.91. The number of carbonyl (C=O) groups excluding carboxylic acids is 1. The fourth-order valence-corrected chi connectivity index (χ4v) is 4.75. The number of nitrogens with zero attached hydrogens (tertiary/aromatic N) is 3. The maximum atomic E-state index is 13.2. The Morgan fingerprint density at radius 2 is 1.90 bits per heavy atom. The fourth-order valence-electron chi connectivity index (χ4n) is 3.65. The smallest absolute Gasteiger partial charge is 0.266 e. The van der Waals surface area contributed by atoms with E-state index in [1.165, 1.54) is 16.3 Å². The van der Waals surface area contributed by atoms with Crippen LogP contribution in [0.5, 0.6) is 0 Å². The topological polar surface area (TPSA) is 64.4 Å². The van der Waals surface area contributed by atoms with Crippen LogP contribution >= 0.6 is 23.4 Å². The number of benzene rings is 2. The van der Waals surface area contributed by atoms with E-state index in [0.29, 0.717) is 39.9 Å². The van der Waals surface area contributed by atoms with Crippen LogP contribution in [0, 0.1) is 0 Å². The van der Waals surface area contributed by atoms with E-state index in [-0.39, 0.29) is 29.4 Å². The van der Waals surface area contributed by atoms with Gasteiger partial charge in [0, 0.05) is 18.1 Å². The van der Waals surface area contributed by atoms with Crippen molar-refractivity contribution in [3.8, 4) is 5.69 Å². The predicted octanol–water partition coefficient (Wildman–Crippen LogP) is 3.77. The van der Waals surface area contributed by atoms with Gasteiger partial charge in [-0.15, -0.1) is 0 Å². The van der Waals surface area contributed by atoms with Gasteiger partial charge < -0.3 is 9.64 Å². The van der Waals surface area contributed by atoms with Crippen LogP contribution in [0.2, 0.25) is 5.02 Å². The molecule has 2 unspecified atom stereocenters. The molecule has 6 nitrogen and oxygen atoms in total. The number of aromatic nitrogens is 2. The second-order valence-electron chi connectivity index (χ2n) is 7.38. The van der Waals surface area contributed by atoms with Gasteiger partial charge in [0.1, 0.15) is 0 Å². The molecule has 2 aromatic carbocycles. The number of hydrogen-bond acceptors (Lipinski definition) is 5. The molecule has 1 aromatic heterocycles. The number of para-hydroxylation sites is 1. The molecule has 0 radical (unpaired) electrons. The molecule has 3 aromatic rings. The van der Waals surface area contributed by atoms with Crippen molar-refractivity contribution in [2.24, 2.45) is 0 Å². The first kappa shape index (κ1) is 20.9. The first-order valence-electron chi connectivity index (χ1n) is 9.76. The minimum atomic E-state index is -0.188. The van der Waals surface area contributed by atoms with Crippen LogP contribution in [-0.2, 0) is 9.53 Å². The number of amides is 1. The van der Waals surface area contributed by atoms with Crippen molar-refractivity contribution in [3.05, 3.63) is 63.9 Å². The quantitative estimate of drug-likeness (QED) is 0.453. The van der Waals surface area contributed by atoms with Crippen LogP contribution in [0.15, 0.2) is 58.5 Å². The number of ether oxygens (including phenoxy) is 1. The predicted molar refractivity (Wildman–Crippen MR) is 120 cm³/mol. The summed E-state index contributed by atoms with van der Waals surface area (Å²) in [6.45, 7) is 5.06. The van der Waals surface area contributed by atoms with Gasteiger partial charge in [0.25, 0.3) is 5.56 Å². The highest BCUT2D eigenvalue weighted by Gasteiger charge is 2.26. The Hall–Kier alpha value is -2.35. The average Bonchev–Trinajstić information content (AvgIpc) is 2.71. The Balaban J connectivity index is 1.68. The summed E-state index contributed by atoms with van der Waals surface area (Å²) in [4.78, 5) is 32.6. The zero-order chi connectivity index (χ0) is 21.3. The highest BCUT2D eigenvalue weighted by Crippen LogP contribution is 2.24. The Kier molecular flexibility index (Phi) is 6.13. The Bertz CT molecular complexity index is 1140. The highest BCUT2D eigenvalue weighted by molar-refractivity contribution is 7.99. The van der Waals surface area contributed by atoms with Gasteiger partial charge in [0.2, 0.25) is 5.91 Å². The Labute approximate surface area is 183 Å². The summed E-state index contributed by atoms with van der Waals surface area (Å²) in [6.07, 6.45) is 0.0114. The van der Waals surface area contributed by atoms with Gasteiger partial charge in [0.05, 0.1) is 34.6 Å². The third-order valence-corrected chi connectivity index (χ3v) is 6.07. The molecule has 2 heterocycles. The number of morpholine rings is 1. The lowest BCUT2D eigenvalue weighted by Crippen LogP contribution is -2.48.